The van der Waals surface area contributed by atoms with Crippen molar-refractivity contribution in [1.82, 2.24) is 15.0 Å². The molecule has 5 nitrogen and oxygen atoms in total. The third kappa shape index (κ3) is 3.38. The standard InChI is InChI=1S/C18H17BrN4O/c1-3-23-12(2)21-16-10-14(6-9-17(16)23)18(24)22-20-11-13-4-7-15(19)8-5-13/h4-11H,3H2,1-2H3,(H,22,24). The van der Waals surface area contributed by atoms with E-state index in [2.05, 4.69) is 42.9 Å². The fraction of sp³-hybridized carbons (Fsp3) is 0.167. The summed E-state index contributed by atoms with van der Waals surface area (Å²) in [5, 5.41) is 4.00. The van der Waals surface area contributed by atoms with Gasteiger partial charge >= 0.3 is 0 Å². The van der Waals surface area contributed by atoms with Gasteiger partial charge in [0.1, 0.15) is 5.82 Å². The molecule has 24 heavy (non-hydrogen) atoms. The molecule has 0 spiro atoms. The van der Waals surface area contributed by atoms with Gasteiger partial charge < -0.3 is 4.57 Å². The molecule has 3 aromatic rings. The van der Waals surface area contributed by atoms with E-state index in [0.29, 0.717) is 5.56 Å². The molecule has 1 N–H and O–H groups in total. The van der Waals surface area contributed by atoms with E-state index in [0.717, 1.165) is 33.4 Å². The molecule has 1 heterocycles. The minimum absolute atomic E-state index is 0.256. The highest BCUT2D eigenvalue weighted by atomic mass is 79.9. The maximum absolute atomic E-state index is 12.2. The van der Waals surface area contributed by atoms with Crippen LogP contribution in [0.15, 0.2) is 52.0 Å². The second kappa shape index (κ2) is 6.97. The number of imidazole rings is 1. The molecule has 0 atom stereocenters. The molecule has 0 bridgehead atoms. The Bertz CT molecular complexity index is 913. The minimum Gasteiger partial charge on any atom is -0.329 e. The van der Waals surface area contributed by atoms with Crippen LogP contribution < -0.4 is 5.43 Å². The van der Waals surface area contributed by atoms with Gasteiger partial charge in [-0.15, -0.1) is 0 Å². The second-order valence-corrected chi connectivity index (χ2v) is 6.27. The lowest BCUT2D eigenvalue weighted by molar-refractivity contribution is 0.0955. The average Bonchev–Trinajstić information content (AvgIpc) is 2.90. The number of hydrazone groups is 1. The van der Waals surface area contributed by atoms with Gasteiger partial charge in [-0.3, -0.25) is 4.79 Å². The normalized spacial score (nSPS) is 11.3. The van der Waals surface area contributed by atoms with Crippen molar-refractivity contribution in [1.29, 1.82) is 0 Å². The van der Waals surface area contributed by atoms with Crippen LogP contribution in [0, 0.1) is 6.92 Å². The molecule has 0 fully saturated rings. The predicted octanol–water partition coefficient (Wildman–Crippen LogP) is 3.89. The number of hydrogen-bond acceptors (Lipinski definition) is 3. The zero-order valence-corrected chi connectivity index (χ0v) is 15.0. The highest BCUT2D eigenvalue weighted by Crippen LogP contribution is 2.17. The summed E-state index contributed by atoms with van der Waals surface area (Å²) in [5.74, 6) is 0.687. The van der Waals surface area contributed by atoms with E-state index in [-0.39, 0.29) is 5.91 Å². The van der Waals surface area contributed by atoms with Gasteiger partial charge in [-0.25, -0.2) is 10.4 Å². The van der Waals surface area contributed by atoms with Crippen molar-refractivity contribution in [2.45, 2.75) is 20.4 Å². The second-order valence-electron chi connectivity index (χ2n) is 5.36. The lowest BCUT2D eigenvalue weighted by atomic mass is 10.2. The lowest BCUT2D eigenvalue weighted by Gasteiger charge is -2.03. The Morgan fingerprint density at radius 2 is 2.04 bits per heavy atom. The fourth-order valence-corrected chi connectivity index (χ4v) is 2.83. The zero-order valence-electron chi connectivity index (χ0n) is 13.5. The zero-order chi connectivity index (χ0) is 17.1. The Hall–Kier alpha value is -2.47. The molecule has 6 heteroatoms. The summed E-state index contributed by atoms with van der Waals surface area (Å²) in [7, 11) is 0. The number of nitrogens with one attached hydrogen (secondary N) is 1. The van der Waals surface area contributed by atoms with Crippen molar-refractivity contribution in [3.8, 4) is 0 Å². The van der Waals surface area contributed by atoms with Crippen LogP contribution in [-0.2, 0) is 6.54 Å². The van der Waals surface area contributed by atoms with Gasteiger partial charge in [-0.2, -0.15) is 5.10 Å². The number of hydrogen-bond donors (Lipinski definition) is 1. The van der Waals surface area contributed by atoms with Crippen molar-refractivity contribution in [3.05, 3.63) is 63.9 Å². The molecule has 1 aromatic heterocycles. The van der Waals surface area contributed by atoms with Gasteiger partial charge in [-0.1, -0.05) is 28.1 Å². The number of fused-ring (bicyclic) bond motifs is 1. The maximum Gasteiger partial charge on any atom is 0.271 e. The first-order valence-electron chi connectivity index (χ1n) is 7.64. The highest BCUT2D eigenvalue weighted by molar-refractivity contribution is 9.10. The molecule has 0 unspecified atom stereocenters. The predicted molar refractivity (Wildman–Crippen MR) is 99.3 cm³/mol. The van der Waals surface area contributed by atoms with Gasteiger partial charge in [-0.05, 0) is 49.7 Å². The average molecular weight is 385 g/mol. The summed E-state index contributed by atoms with van der Waals surface area (Å²) in [6, 6.07) is 13.2. The molecule has 0 aliphatic carbocycles. The molecule has 3 rings (SSSR count). The number of carbonyl (C=O) groups excluding carboxylic acids is 1. The lowest BCUT2D eigenvalue weighted by Crippen LogP contribution is -2.17. The number of halogens is 1. The van der Waals surface area contributed by atoms with Crippen LogP contribution in [0.1, 0.15) is 28.7 Å². The van der Waals surface area contributed by atoms with Crippen LogP contribution in [0.3, 0.4) is 0 Å². The first-order chi connectivity index (χ1) is 11.6. The summed E-state index contributed by atoms with van der Waals surface area (Å²) in [4.78, 5) is 16.7. The Morgan fingerprint density at radius 1 is 1.29 bits per heavy atom. The van der Waals surface area contributed by atoms with E-state index >= 15 is 0 Å². The number of carbonyl (C=O) groups is 1. The monoisotopic (exact) mass is 384 g/mol. The van der Waals surface area contributed by atoms with Gasteiger partial charge in [0.2, 0.25) is 0 Å². The number of amides is 1. The largest absolute Gasteiger partial charge is 0.329 e. The molecule has 0 radical (unpaired) electrons. The topological polar surface area (TPSA) is 59.3 Å². The van der Waals surface area contributed by atoms with Crippen molar-refractivity contribution in [2.24, 2.45) is 5.10 Å². The summed E-state index contributed by atoms with van der Waals surface area (Å²) >= 11 is 3.38. The van der Waals surface area contributed by atoms with Gasteiger partial charge in [0.05, 0.1) is 17.2 Å². The maximum atomic E-state index is 12.2. The van der Waals surface area contributed by atoms with Crippen molar-refractivity contribution < 1.29 is 4.79 Å². The SMILES string of the molecule is CCn1c(C)nc2cc(C(=O)NN=Cc3ccc(Br)cc3)ccc21. The first-order valence-corrected chi connectivity index (χ1v) is 8.43. The Kier molecular flexibility index (Phi) is 4.76. The third-order valence-corrected chi connectivity index (χ3v) is 4.30. The van der Waals surface area contributed by atoms with E-state index in [1.54, 1.807) is 18.3 Å². The molecule has 0 aliphatic heterocycles. The Balaban J connectivity index is 1.75. The Labute approximate surface area is 148 Å². The molecule has 1 amide bonds. The molecule has 0 aliphatic rings. The van der Waals surface area contributed by atoms with Crippen LogP contribution in [-0.4, -0.2) is 21.7 Å². The number of aryl methyl sites for hydroxylation is 2. The number of aromatic nitrogens is 2. The summed E-state index contributed by atoms with van der Waals surface area (Å²) < 4.78 is 3.11. The Morgan fingerprint density at radius 3 is 2.75 bits per heavy atom. The number of rotatable bonds is 4. The molecule has 122 valence electrons. The van der Waals surface area contributed by atoms with Crippen LogP contribution in [0.25, 0.3) is 11.0 Å². The molecular weight excluding hydrogens is 368 g/mol. The molecule has 0 saturated heterocycles. The number of nitrogens with zero attached hydrogens (tertiary/aromatic N) is 3. The fourth-order valence-electron chi connectivity index (χ4n) is 2.57. The van der Waals surface area contributed by atoms with Gasteiger partial charge in [0, 0.05) is 16.6 Å². The van der Waals surface area contributed by atoms with Crippen LogP contribution >= 0.6 is 15.9 Å². The van der Waals surface area contributed by atoms with Crippen LogP contribution in [0.2, 0.25) is 0 Å². The van der Waals surface area contributed by atoms with Gasteiger partial charge in [0.25, 0.3) is 5.91 Å². The molecule has 0 saturated carbocycles. The smallest absolute Gasteiger partial charge is 0.271 e. The quantitative estimate of drug-likeness (QED) is 0.547. The van der Waals surface area contributed by atoms with Crippen LogP contribution in [0.4, 0.5) is 0 Å². The summed E-state index contributed by atoms with van der Waals surface area (Å²) in [6.07, 6.45) is 1.61. The summed E-state index contributed by atoms with van der Waals surface area (Å²) in [5.41, 5.74) is 5.84. The van der Waals surface area contributed by atoms with E-state index in [1.165, 1.54) is 0 Å². The minimum atomic E-state index is -0.256. The number of benzene rings is 2. The molecule has 2 aromatic carbocycles. The van der Waals surface area contributed by atoms with Crippen LogP contribution in [0.5, 0.6) is 0 Å². The van der Waals surface area contributed by atoms with Crippen molar-refractivity contribution in [3.63, 3.8) is 0 Å². The highest BCUT2D eigenvalue weighted by Gasteiger charge is 2.10. The third-order valence-electron chi connectivity index (χ3n) is 3.77. The van der Waals surface area contributed by atoms with E-state index in [1.807, 2.05) is 37.3 Å². The van der Waals surface area contributed by atoms with E-state index < -0.39 is 0 Å². The van der Waals surface area contributed by atoms with Gasteiger partial charge in [0.15, 0.2) is 0 Å². The van der Waals surface area contributed by atoms with Crippen molar-refractivity contribution in [2.75, 3.05) is 0 Å². The molecular formula is C18H17BrN4O. The van der Waals surface area contributed by atoms with Crippen molar-refractivity contribution >= 4 is 39.1 Å². The van der Waals surface area contributed by atoms with E-state index in [9.17, 15) is 4.79 Å². The van der Waals surface area contributed by atoms with E-state index in [4.69, 9.17) is 0 Å². The summed E-state index contributed by atoms with van der Waals surface area (Å²) in [6.45, 7) is 4.89. The first kappa shape index (κ1) is 16.4.